The Bertz CT molecular complexity index is 640. The van der Waals surface area contributed by atoms with Crippen LogP contribution < -0.4 is 5.73 Å². The summed E-state index contributed by atoms with van der Waals surface area (Å²) in [5.74, 6) is 0.487. The highest BCUT2D eigenvalue weighted by molar-refractivity contribution is 7.84. The Labute approximate surface area is 121 Å². The van der Waals surface area contributed by atoms with Gasteiger partial charge in [0, 0.05) is 4.90 Å². The Morgan fingerprint density at radius 3 is 2.47 bits per heavy atom. The number of rotatable bonds is 3. The lowest BCUT2D eigenvalue weighted by Crippen LogP contribution is -1.98. The first kappa shape index (κ1) is 14.1. The van der Waals surface area contributed by atoms with E-state index in [4.69, 9.17) is 17.3 Å². The fourth-order valence-corrected chi connectivity index (χ4v) is 3.14. The molecular formula is C15H16ClNOS. The Morgan fingerprint density at radius 1 is 1.11 bits per heavy atom. The van der Waals surface area contributed by atoms with Crippen LogP contribution >= 0.6 is 11.6 Å². The van der Waals surface area contributed by atoms with Gasteiger partial charge in [-0.2, -0.15) is 0 Å². The molecule has 0 aliphatic carbocycles. The molecule has 1 atom stereocenters. The molecule has 0 amide bonds. The van der Waals surface area contributed by atoms with Crippen molar-refractivity contribution in [2.75, 3.05) is 5.73 Å². The predicted octanol–water partition coefficient (Wildman–Crippen LogP) is 3.85. The maximum Gasteiger partial charge on any atom is 0.0647 e. The van der Waals surface area contributed by atoms with Crippen molar-refractivity contribution in [3.8, 4) is 0 Å². The zero-order valence-corrected chi connectivity index (χ0v) is 12.5. The van der Waals surface area contributed by atoms with Crippen LogP contribution in [-0.2, 0) is 16.6 Å². The molecule has 0 saturated carbocycles. The number of halogens is 1. The Hall–Kier alpha value is -1.32. The molecule has 4 heteroatoms. The fourth-order valence-electron chi connectivity index (χ4n) is 1.78. The van der Waals surface area contributed by atoms with Crippen molar-refractivity contribution in [2.24, 2.45) is 0 Å². The Kier molecular flexibility index (Phi) is 4.27. The summed E-state index contributed by atoms with van der Waals surface area (Å²) in [7, 11) is -1.11. The van der Waals surface area contributed by atoms with Crippen LogP contribution in [0.15, 0.2) is 41.3 Å². The van der Waals surface area contributed by atoms with Gasteiger partial charge in [0.2, 0.25) is 0 Å². The summed E-state index contributed by atoms with van der Waals surface area (Å²) in [5.41, 5.74) is 9.67. The molecule has 2 nitrogen and oxygen atoms in total. The van der Waals surface area contributed by atoms with E-state index < -0.39 is 10.8 Å². The van der Waals surface area contributed by atoms with Gasteiger partial charge in [0.05, 0.1) is 27.3 Å². The van der Waals surface area contributed by atoms with Crippen molar-refractivity contribution in [1.82, 2.24) is 0 Å². The van der Waals surface area contributed by atoms with E-state index in [9.17, 15) is 4.21 Å². The predicted molar refractivity (Wildman–Crippen MR) is 81.9 cm³/mol. The number of nitrogen functional groups attached to an aromatic ring is 1. The third-order valence-electron chi connectivity index (χ3n) is 3.10. The van der Waals surface area contributed by atoms with Gasteiger partial charge < -0.3 is 5.73 Å². The van der Waals surface area contributed by atoms with Crippen molar-refractivity contribution in [2.45, 2.75) is 24.5 Å². The van der Waals surface area contributed by atoms with Crippen LogP contribution in [0.2, 0.25) is 5.02 Å². The molecule has 0 heterocycles. The van der Waals surface area contributed by atoms with Crippen molar-refractivity contribution in [3.63, 3.8) is 0 Å². The summed E-state index contributed by atoms with van der Waals surface area (Å²) in [6.07, 6.45) is 0. The first-order chi connectivity index (χ1) is 8.97. The van der Waals surface area contributed by atoms with Crippen LogP contribution in [0.1, 0.15) is 16.7 Å². The van der Waals surface area contributed by atoms with Crippen LogP contribution in [0.4, 0.5) is 5.69 Å². The summed E-state index contributed by atoms with van der Waals surface area (Å²) in [4.78, 5) is 0.706. The van der Waals surface area contributed by atoms with E-state index in [1.54, 1.807) is 18.2 Å². The van der Waals surface area contributed by atoms with Crippen LogP contribution in [0.25, 0.3) is 0 Å². The van der Waals surface area contributed by atoms with Gasteiger partial charge in [0.25, 0.3) is 0 Å². The Morgan fingerprint density at radius 2 is 1.84 bits per heavy atom. The maximum atomic E-state index is 12.3. The first-order valence-corrected chi connectivity index (χ1v) is 7.66. The van der Waals surface area contributed by atoms with Crippen molar-refractivity contribution >= 4 is 28.1 Å². The second-order valence-electron chi connectivity index (χ2n) is 4.59. The van der Waals surface area contributed by atoms with Crippen molar-refractivity contribution in [3.05, 3.63) is 58.1 Å². The average Bonchev–Trinajstić information content (AvgIpc) is 2.37. The van der Waals surface area contributed by atoms with Gasteiger partial charge in [0.1, 0.15) is 0 Å². The average molecular weight is 294 g/mol. The van der Waals surface area contributed by atoms with E-state index in [1.807, 2.05) is 6.07 Å². The molecular weight excluding hydrogens is 278 g/mol. The molecule has 0 aliphatic rings. The maximum absolute atomic E-state index is 12.3. The monoisotopic (exact) mass is 293 g/mol. The number of anilines is 1. The van der Waals surface area contributed by atoms with Gasteiger partial charge in [-0.25, -0.2) is 0 Å². The molecule has 0 aromatic heterocycles. The quantitative estimate of drug-likeness (QED) is 0.874. The largest absolute Gasteiger partial charge is 0.398 e. The van der Waals surface area contributed by atoms with E-state index >= 15 is 0 Å². The van der Waals surface area contributed by atoms with Crippen LogP contribution in [-0.4, -0.2) is 4.21 Å². The van der Waals surface area contributed by atoms with Crippen LogP contribution in [0, 0.1) is 13.8 Å². The topological polar surface area (TPSA) is 43.1 Å². The van der Waals surface area contributed by atoms with Crippen molar-refractivity contribution < 1.29 is 4.21 Å². The molecule has 2 aromatic rings. The highest BCUT2D eigenvalue weighted by Gasteiger charge is 2.08. The molecule has 19 heavy (non-hydrogen) atoms. The highest BCUT2D eigenvalue weighted by Crippen LogP contribution is 2.23. The fraction of sp³-hybridized carbons (Fsp3) is 0.200. The number of benzene rings is 2. The second-order valence-corrected chi connectivity index (χ2v) is 6.45. The molecule has 0 saturated heterocycles. The number of nitrogens with two attached hydrogens (primary N) is 1. The van der Waals surface area contributed by atoms with Crippen LogP contribution in [0.5, 0.6) is 0 Å². The summed E-state index contributed by atoms with van der Waals surface area (Å²) in [6, 6.07) is 11.3. The van der Waals surface area contributed by atoms with Gasteiger partial charge in [-0.15, -0.1) is 0 Å². The van der Waals surface area contributed by atoms with Gasteiger partial charge in [-0.1, -0.05) is 29.8 Å². The summed E-state index contributed by atoms with van der Waals surface area (Å²) in [5, 5.41) is 0.450. The minimum absolute atomic E-state index is 0.450. The second kappa shape index (κ2) is 5.76. The summed E-state index contributed by atoms with van der Waals surface area (Å²) in [6.45, 7) is 4.12. The van der Waals surface area contributed by atoms with Crippen molar-refractivity contribution in [1.29, 1.82) is 0 Å². The summed E-state index contributed by atoms with van der Waals surface area (Å²) >= 11 is 5.95. The lowest BCUT2D eigenvalue weighted by Gasteiger charge is -2.07. The van der Waals surface area contributed by atoms with E-state index in [-0.39, 0.29) is 0 Å². The molecule has 0 aliphatic heterocycles. The highest BCUT2D eigenvalue weighted by atomic mass is 35.5. The standard InChI is InChI=1S/C15H16ClNOS/c1-10-3-4-12(7-11(10)2)9-19(18)13-5-6-15(17)14(16)8-13/h3-8H,9,17H2,1-2H3. The van der Waals surface area contributed by atoms with Gasteiger partial charge in [-0.05, 0) is 48.7 Å². The van der Waals surface area contributed by atoms with Crippen LogP contribution in [0.3, 0.4) is 0 Å². The third kappa shape index (κ3) is 3.37. The zero-order chi connectivity index (χ0) is 14.0. The third-order valence-corrected chi connectivity index (χ3v) is 4.81. The number of aryl methyl sites for hydroxylation is 2. The van der Waals surface area contributed by atoms with Gasteiger partial charge in [0.15, 0.2) is 0 Å². The molecule has 2 N–H and O–H groups in total. The molecule has 100 valence electrons. The zero-order valence-electron chi connectivity index (χ0n) is 10.9. The van der Waals surface area contributed by atoms with Gasteiger partial charge >= 0.3 is 0 Å². The minimum Gasteiger partial charge on any atom is -0.398 e. The molecule has 0 spiro atoms. The summed E-state index contributed by atoms with van der Waals surface area (Å²) < 4.78 is 12.3. The molecule has 2 rings (SSSR count). The SMILES string of the molecule is Cc1ccc(CS(=O)c2ccc(N)c(Cl)c2)cc1C. The van der Waals surface area contributed by atoms with E-state index in [0.717, 1.165) is 5.56 Å². The smallest absolute Gasteiger partial charge is 0.0647 e. The van der Waals surface area contributed by atoms with E-state index in [1.165, 1.54) is 11.1 Å². The molecule has 0 bridgehead atoms. The first-order valence-electron chi connectivity index (χ1n) is 5.97. The molecule has 2 aromatic carbocycles. The van der Waals surface area contributed by atoms with E-state index in [2.05, 4.69) is 26.0 Å². The van der Waals surface area contributed by atoms with Gasteiger partial charge in [-0.3, -0.25) is 4.21 Å². The molecule has 0 radical (unpaired) electrons. The molecule has 0 fully saturated rings. The molecule has 1 unspecified atom stereocenters. The van der Waals surface area contributed by atoms with E-state index in [0.29, 0.717) is 21.4 Å². The lowest BCUT2D eigenvalue weighted by molar-refractivity contribution is 0.682. The number of hydrogen-bond donors (Lipinski definition) is 1. The Balaban J connectivity index is 2.20. The lowest BCUT2D eigenvalue weighted by atomic mass is 10.1. The number of hydrogen-bond acceptors (Lipinski definition) is 2. The minimum atomic E-state index is -1.11. The normalized spacial score (nSPS) is 12.4.